The van der Waals surface area contributed by atoms with Gasteiger partial charge in [0.1, 0.15) is 0 Å². The van der Waals surface area contributed by atoms with E-state index in [9.17, 15) is 4.79 Å². The van der Waals surface area contributed by atoms with Gasteiger partial charge >= 0.3 is 0 Å². The van der Waals surface area contributed by atoms with Crippen LogP contribution in [-0.4, -0.2) is 37.0 Å². The van der Waals surface area contributed by atoms with Crippen LogP contribution >= 0.6 is 0 Å². The average Bonchev–Trinajstić information content (AvgIpc) is 2.52. The maximum Gasteiger partial charge on any atom is 0.251 e. The van der Waals surface area contributed by atoms with Gasteiger partial charge in [0.25, 0.3) is 5.91 Å². The number of nitrogen functional groups attached to an aromatic ring is 1. The number of rotatable bonds is 5. The Morgan fingerprint density at radius 2 is 2.10 bits per heavy atom. The number of anilines is 1. The number of piperidine rings is 1. The number of aryl methyl sites for hydroxylation is 1. The molecule has 1 aromatic carbocycles. The Morgan fingerprint density at radius 1 is 1.38 bits per heavy atom. The van der Waals surface area contributed by atoms with Gasteiger partial charge in [0.15, 0.2) is 0 Å². The fourth-order valence-corrected chi connectivity index (χ4v) is 2.85. The van der Waals surface area contributed by atoms with Crippen molar-refractivity contribution in [3.63, 3.8) is 0 Å². The van der Waals surface area contributed by atoms with E-state index in [1.165, 1.54) is 12.8 Å². The molecule has 21 heavy (non-hydrogen) atoms. The molecule has 0 saturated carbocycles. The fourth-order valence-electron chi connectivity index (χ4n) is 2.85. The Hall–Kier alpha value is -1.59. The van der Waals surface area contributed by atoms with Crippen molar-refractivity contribution in [2.24, 2.45) is 11.8 Å². The van der Waals surface area contributed by atoms with Crippen LogP contribution in [0.15, 0.2) is 18.2 Å². The molecule has 1 saturated heterocycles. The molecule has 0 atom stereocenters. The summed E-state index contributed by atoms with van der Waals surface area (Å²) in [5.41, 5.74) is 5.06. The summed E-state index contributed by atoms with van der Waals surface area (Å²) in [6.45, 7) is 8.31. The molecule has 1 aliphatic heterocycles. The minimum Gasteiger partial charge on any atom is -0.352 e. The topological polar surface area (TPSA) is 70.4 Å². The highest BCUT2D eigenvalue weighted by Gasteiger charge is 2.19. The van der Waals surface area contributed by atoms with Crippen molar-refractivity contribution < 1.29 is 4.79 Å². The minimum absolute atomic E-state index is 0.00833. The summed E-state index contributed by atoms with van der Waals surface area (Å²) in [6, 6.07) is 5.52. The predicted molar refractivity (Wildman–Crippen MR) is 86.2 cm³/mol. The predicted octanol–water partition coefficient (Wildman–Crippen LogP) is 1.74. The molecule has 0 unspecified atom stereocenters. The van der Waals surface area contributed by atoms with Crippen LogP contribution in [0.2, 0.25) is 0 Å². The van der Waals surface area contributed by atoms with Crippen LogP contribution in [-0.2, 0) is 0 Å². The molecule has 0 aliphatic carbocycles. The largest absolute Gasteiger partial charge is 0.352 e. The molecule has 2 rings (SSSR count). The maximum absolute atomic E-state index is 12.3. The van der Waals surface area contributed by atoms with Crippen LogP contribution in [0.5, 0.6) is 0 Å². The molecule has 0 spiro atoms. The number of hydrogen-bond donors (Lipinski definition) is 3. The Labute approximate surface area is 126 Å². The van der Waals surface area contributed by atoms with Crippen molar-refractivity contribution in [3.8, 4) is 0 Å². The van der Waals surface area contributed by atoms with Crippen LogP contribution in [0.4, 0.5) is 5.69 Å². The molecule has 5 nitrogen and oxygen atoms in total. The van der Waals surface area contributed by atoms with Gasteiger partial charge in [0.05, 0.1) is 0 Å². The number of benzene rings is 1. The monoisotopic (exact) mass is 290 g/mol. The third kappa shape index (κ3) is 4.19. The number of nitrogens with one attached hydrogen (secondary N) is 2. The lowest BCUT2D eigenvalue weighted by Crippen LogP contribution is -2.38. The molecule has 1 amide bonds. The summed E-state index contributed by atoms with van der Waals surface area (Å²) < 4.78 is 0. The molecule has 5 heteroatoms. The van der Waals surface area contributed by atoms with Crippen molar-refractivity contribution in [3.05, 3.63) is 29.3 Å². The normalized spacial score (nSPS) is 16.7. The van der Waals surface area contributed by atoms with E-state index in [2.05, 4.69) is 22.6 Å². The second kappa shape index (κ2) is 7.43. The third-order valence-corrected chi connectivity index (χ3v) is 4.34. The quantitative estimate of drug-likeness (QED) is 0.571. The van der Waals surface area contributed by atoms with Crippen LogP contribution < -0.4 is 16.6 Å². The minimum atomic E-state index is 0.00833. The van der Waals surface area contributed by atoms with Gasteiger partial charge in [-0.1, -0.05) is 6.92 Å². The van der Waals surface area contributed by atoms with E-state index in [0.29, 0.717) is 5.92 Å². The number of carbonyl (C=O) groups excluding carboxylic acids is 1. The van der Waals surface area contributed by atoms with Crippen LogP contribution in [0.1, 0.15) is 35.7 Å². The lowest BCUT2D eigenvalue weighted by molar-refractivity contribution is 0.0936. The van der Waals surface area contributed by atoms with Gasteiger partial charge in [0.2, 0.25) is 0 Å². The van der Waals surface area contributed by atoms with Gasteiger partial charge in [-0.3, -0.25) is 10.6 Å². The van der Waals surface area contributed by atoms with E-state index >= 15 is 0 Å². The zero-order valence-corrected chi connectivity index (χ0v) is 13.0. The Balaban J connectivity index is 1.85. The maximum atomic E-state index is 12.3. The first-order valence-electron chi connectivity index (χ1n) is 7.71. The molecular formula is C16H26N4O. The molecule has 1 heterocycles. The van der Waals surface area contributed by atoms with Gasteiger partial charge in [0, 0.05) is 17.8 Å². The van der Waals surface area contributed by atoms with Crippen molar-refractivity contribution >= 4 is 11.6 Å². The highest BCUT2D eigenvalue weighted by Crippen LogP contribution is 2.17. The van der Waals surface area contributed by atoms with Crippen LogP contribution in [0.25, 0.3) is 0 Å². The van der Waals surface area contributed by atoms with Crippen molar-refractivity contribution in [1.82, 2.24) is 10.2 Å². The first-order valence-corrected chi connectivity index (χ1v) is 7.71. The van der Waals surface area contributed by atoms with Gasteiger partial charge in [-0.15, -0.1) is 0 Å². The van der Waals surface area contributed by atoms with E-state index in [-0.39, 0.29) is 5.91 Å². The zero-order valence-electron chi connectivity index (χ0n) is 13.0. The molecule has 0 aromatic heterocycles. The summed E-state index contributed by atoms with van der Waals surface area (Å²) in [7, 11) is 0. The Bertz CT molecular complexity index is 481. The van der Waals surface area contributed by atoms with Gasteiger partial charge in [-0.2, -0.15) is 0 Å². The zero-order chi connectivity index (χ0) is 15.2. The van der Waals surface area contributed by atoms with Gasteiger partial charge < -0.3 is 15.6 Å². The summed E-state index contributed by atoms with van der Waals surface area (Å²) in [6.07, 6.45) is 2.34. The number of nitrogens with two attached hydrogens (primary N) is 1. The molecule has 1 aromatic rings. The lowest BCUT2D eigenvalue weighted by Gasteiger charge is -2.31. The number of amides is 1. The summed E-state index contributed by atoms with van der Waals surface area (Å²) in [4.78, 5) is 14.7. The highest BCUT2D eigenvalue weighted by molar-refractivity contribution is 5.96. The van der Waals surface area contributed by atoms with Crippen molar-refractivity contribution in [2.45, 2.75) is 26.7 Å². The van der Waals surface area contributed by atoms with Gasteiger partial charge in [-0.05, 0) is 69.1 Å². The number of likely N-dealkylation sites (tertiary alicyclic amines) is 1. The Kier molecular flexibility index (Phi) is 5.59. The second-order valence-electron chi connectivity index (χ2n) is 5.76. The molecule has 1 fully saturated rings. The van der Waals surface area contributed by atoms with Gasteiger partial charge in [-0.25, -0.2) is 0 Å². The number of nitrogens with zero attached hydrogens (tertiary/aromatic N) is 1. The standard InChI is InChI=1S/C16H26N4O/c1-3-20-8-6-13(7-9-20)11-18-16(21)15-5-4-14(19-17)10-12(15)2/h4-5,10,13,19H,3,6-9,11,17H2,1-2H3,(H,18,21). The Morgan fingerprint density at radius 3 is 2.67 bits per heavy atom. The smallest absolute Gasteiger partial charge is 0.251 e. The number of hydrogen-bond acceptors (Lipinski definition) is 4. The third-order valence-electron chi connectivity index (χ3n) is 4.34. The molecule has 4 N–H and O–H groups in total. The van der Waals surface area contributed by atoms with E-state index in [0.717, 1.165) is 43.0 Å². The SMILES string of the molecule is CCN1CCC(CNC(=O)c2ccc(NN)cc2C)CC1. The van der Waals surface area contributed by atoms with E-state index < -0.39 is 0 Å². The van der Waals surface area contributed by atoms with Crippen molar-refractivity contribution in [1.29, 1.82) is 0 Å². The second-order valence-corrected chi connectivity index (χ2v) is 5.76. The molecule has 0 bridgehead atoms. The van der Waals surface area contributed by atoms with Crippen molar-refractivity contribution in [2.75, 3.05) is 31.6 Å². The molecule has 0 radical (unpaired) electrons. The van der Waals surface area contributed by atoms with E-state index in [1.54, 1.807) is 0 Å². The molecule has 116 valence electrons. The van der Waals surface area contributed by atoms with E-state index in [4.69, 9.17) is 5.84 Å². The fraction of sp³-hybridized carbons (Fsp3) is 0.562. The van der Waals surface area contributed by atoms with E-state index in [1.807, 2.05) is 25.1 Å². The summed E-state index contributed by atoms with van der Waals surface area (Å²) in [5, 5.41) is 3.07. The highest BCUT2D eigenvalue weighted by atomic mass is 16.1. The molecular weight excluding hydrogens is 264 g/mol. The summed E-state index contributed by atoms with van der Waals surface area (Å²) >= 11 is 0. The molecule has 1 aliphatic rings. The van der Waals surface area contributed by atoms with Crippen LogP contribution in [0.3, 0.4) is 0 Å². The first kappa shape index (κ1) is 15.8. The van der Waals surface area contributed by atoms with Crippen LogP contribution in [0, 0.1) is 12.8 Å². The first-order chi connectivity index (χ1) is 10.1. The lowest BCUT2D eigenvalue weighted by atomic mass is 9.96. The number of carbonyl (C=O) groups is 1. The summed E-state index contributed by atoms with van der Waals surface area (Å²) in [5.74, 6) is 5.98. The average molecular weight is 290 g/mol. The number of hydrazine groups is 1.